The van der Waals surface area contributed by atoms with Gasteiger partial charge in [-0.05, 0) is 4.92 Å². The minimum absolute atomic E-state index is 0.175. The van der Waals surface area contributed by atoms with Gasteiger partial charge < -0.3 is 14.6 Å². The molecule has 106 valence electrons. The molecule has 3 rings (SSSR count). The van der Waals surface area contributed by atoms with E-state index in [0.717, 1.165) is 5.56 Å². The molecule has 2 aromatic heterocycles. The Labute approximate surface area is 119 Å². The van der Waals surface area contributed by atoms with E-state index < -0.39 is 4.92 Å². The van der Waals surface area contributed by atoms with Gasteiger partial charge in [-0.25, -0.2) is 0 Å². The zero-order chi connectivity index (χ0) is 14.7. The predicted octanol–water partition coefficient (Wildman–Crippen LogP) is 2.08. The Morgan fingerprint density at radius 2 is 2.05 bits per heavy atom. The number of rotatable bonds is 5. The van der Waals surface area contributed by atoms with Crippen LogP contribution in [-0.4, -0.2) is 24.8 Å². The summed E-state index contributed by atoms with van der Waals surface area (Å²) in [6.07, 6.45) is 2.01. The molecule has 0 atom stereocenters. The third-order valence-corrected chi connectivity index (χ3v) is 2.87. The van der Waals surface area contributed by atoms with Crippen LogP contribution in [0.3, 0.4) is 0 Å². The van der Waals surface area contributed by atoms with E-state index >= 15 is 0 Å². The Hall–Kier alpha value is -3.03. The molecule has 8 heteroatoms. The summed E-state index contributed by atoms with van der Waals surface area (Å²) < 4.78 is 6.64. The van der Waals surface area contributed by atoms with Crippen LogP contribution in [0.4, 0.5) is 5.82 Å². The van der Waals surface area contributed by atoms with Gasteiger partial charge in [-0.2, -0.15) is 9.67 Å². The minimum Gasteiger partial charge on any atom is -0.358 e. The fourth-order valence-corrected chi connectivity index (χ4v) is 1.84. The number of benzene rings is 1. The van der Waals surface area contributed by atoms with Crippen molar-refractivity contribution in [2.45, 2.75) is 13.0 Å². The summed E-state index contributed by atoms with van der Waals surface area (Å²) in [6.45, 7) is 0.435. The van der Waals surface area contributed by atoms with Gasteiger partial charge in [-0.1, -0.05) is 35.5 Å². The van der Waals surface area contributed by atoms with Gasteiger partial charge >= 0.3 is 5.82 Å². The van der Waals surface area contributed by atoms with Crippen LogP contribution < -0.4 is 0 Å². The molecule has 2 heterocycles. The lowest BCUT2D eigenvalue weighted by atomic mass is 10.2. The number of aryl methyl sites for hydroxylation is 2. The van der Waals surface area contributed by atoms with E-state index in [0.29, 0.717) is 24.7 Å². The number of nitrogens with zero attached hydrogens (tertiary/aromatic N) is 5. The summed E-state index contributed by atoms with van der Waals surface area (Å²) in [4.78, 5) is 14.3. The molecule has 0 amide bonds. The fourth-order valence-electron chi connectivity index (χ4n) is 1.84. The van der Waals surface area contributed by atoms with Crippen LogP contribution in [0.1, 0.15) is 5.89 Å². The van der Waals surface area contributed by atoms with Gasteiger partial charge in [0.2, 0.25) is 11.7 Å². The number of hydrogen-bond acceptors (Lipinski definition) is 6. The summed E-state index contributed by atoms with van der Waals surface area (Å²) in [6, 6.07) is 10.8. The van der Waals surface area contributed by atoms with Gasteiger partial charge in [-0.15, -0.1) is 0 Å². The Bertz CT molecular complexity index is 750. The molecule has 0 radical (unpaired) electrons. The number of hydrogen-bond donors (Lipinski definition) is 0. The van der Waals surface area contributed by atoms with Crippen LogP contribution in [0.5, 0.6) is 0 Å². The molecule has 0 saturated heterocycles. The summed E-state index contributed by atoms with van der Waals surface area (Å²) >= 11 is 0. The van der Waals surface area contributed by atoms with Crippen LogP contribution >= 0.6 is 0 Å². The first-order chi connectivity index (χ1) is 10.2. The molecular formula is C13H11N5O3. The van der Waals surface area contributed by atoms with E-state index in [2.05, 4.69) is 15.2 Å². The number of aromatic nitrogens is 4. The van der Waals surface area contributed by atoms with E-state index in [9.17, 15) is 10.1 Å². The van der Waals surface area contributed by atoms with Gasteiger partial charge in [0.15, 0.2) is 0 Å². The lowest BCUT2D eigenvalue weighted by Gasteiger charge is -1.92. The lowest BCUT2D eigenvalue weighted by Crippen LogP contribution is -2.03. The van der Waals surface area contributed by atoms with Gasteiger partial charge in [-0.3, -0.25) is 0 Å². The first kappa shape index (κ1) is 13.0. The van der Waals surface area contributed by atoms with E-state index in [1.54, 1.807) is 6.20 Å². The quantitative estimate of drug-likeness (QED) is 0.525. The highest BCUT2D eigenvalue weighted by Crippen LogP contribution is 2.15. The second-order valence-electron chi connectivity index (χ2n) is 4.32. The van der Waals surface area contributed by atoms with E-state index in [4.69, 9.17) is 4.52 Å². The van der Waals surface area contributed by atoms with Gasteiger partial charge in [0, 0.05) is 12.0 Å². The van der Waals surface area contributed by atoms with E-state index in [1.807, 2.05) is 30.3 Å². The van der Waals surface area contributed by atoms with Crippen molar-refractivity contribution in [3.05, 3.63) is 58.6 Å². The van der Waals surface area contributed by atoms with Crippen molar-refractivity contribution in [2.75, 3.05) is 0 Å². The monoisotopic (exact) mass is 285 g/mol. The average molecular weight is 285 g/mol. The van der Waals surface area contributed by atoms with E-state index in [-0.39, 0.29) is 5.82 Å². The zero-order valence-electron chi connectivity index (χ0n) is 10.9. The average Bonchev–Trinajstić information content (AvgIpc) is 3.15. The maximum atomic E-state index is 10.5. The van der Waals surface area contributed by atoms with Crippen molar-refractivity contribution < 1.29 is 9.45 Å². The molecule has 0 N–H and O–H groups in total. The fraction of sp³-hybridized carbons (Fsp3) is 0.154. The molecule has 0 fully saturated rings. The summed E-state index contributed by atoms with van der Waals surface area (Å²) in [7, 11) is 0. The molecular weight excluding hydrogens is 274 g/mol. The van der Waals surface area contributed by atoms with Crippen LogP contribution in [-0.2, 0) is 13.0 Å². The third kappa shape index (κ3) is 2.94. The molecule has 0 aliphatic carbocycles. The molecule has 0 spiro atoms. The molecule has 0 saturated carbocycles. The van der Waals surface area contributed by atoms with Crippen LogP contribution in [0.2, 0.25) is 0 Å². The maximum Gasteiger partial charge on any atom is 0.389 e. The van der Waals surface area contributed by atoms with E-state index in [1.165, 1.54) is 10.7 Å². The lowest BCUT2D eigenvalue weighted by molar-refractivity contribution is -0.389. The maximum absolute atomic E-state index is 10.5. The molecule has 0 aliphatic heterocycles. The normalized spacial score (nSPS) is 10.7. The highest BCUT2D eigenvalue weighted by molar-refractivity contribution is 5.53. The SMILES string of the molecule is O=[N+]([O-])c1ccn(CCc2nc(-c3ccccc3)no2)n1. The second-order valence-corrected chi connectivity index (χ2v) is 4.32. The topological polar surface area (TPSA) is 99.9 Å². The number of nitro groups is 1. The summed E-state index contributed by atoms with van der Waals surface area (Å²) in [5.41, 5.74) is 0.877. The van der Waals surface area contributed by atoms with Crippen molar-refractivity contribution in [1.29, 1.82) is 0 Å². The summed E-state index contributed by atoms with van der Waals surface area (Å²) in [5, 5.41) is 18.3. The Balaban J connectivity index is 1.66. The predicted molar refractivity (Wildman–Crippen MR) is 72.3 cm³/mol. The van der Waals surface area contributed by atoms with Crippen LogP contribution in [0, 0.1) is 10.1 Å². The highest BCUT2D eigenvalue weighted by Gasteiger charge is 2.12. The smallest absolute Gasteiger partial charge is 0.358 e. The zero-order valence-corrected chi connectivity index (χ0v) is 10.9. The molecule has 0 aliphatic rings. The van der Waals surface area contributed by atoms with Gasteiger partial charge in [0.1, 0.15) is 0 Å². The van der Waals surface area contributed by atoms with Gasteiger partial charge in [0.25, 0.3) is 0 Å². The minimum atomic E-state index is -0.531. The standard InChI is InChI=1S/C13H11N5O3/c19-18(20)11-6-8-17(15-11)9-7-12-14-13(16-21-12)10-4-2-1-3-5-10/h1-6,8H,7,9H2. The third-order valence-electron chi connectivity index (χ3n) is 2.87. The van der Waals surface area contributed by atoms with Crippen LogP contribution in [0.15, 0.2) is 47.1 Å². The molecule has 21 heavy (non-hydrogen) atoms. The Morgan fingerprint density at radius 3 is 2.76 bits per heavy atom. The van der Waals surface area contributed by atoms with Crippen molar-refractivity contribution in [2.24, 2.45) is 0 Å². The molecule has 1 aromatic carbocycles. The van der Waals surface area contributed by atoms with Crippen molar-refractivity contribution in [1.82, 2.24) is 19.9 Å². The molecule has 3 aromatic rings. The molecule has 0 bridgehead atoms. The summed E-state index contributed by atoms with van der Waals surface area (Å²) in [5.74, 6) is 0.814. The Morgan fingerprint density at radius 1 is 1.24 bits per heavy atom. The van der Waals surface area contributed by atoms with Crippen molar-refractivity contribution >= 4 is 5.82 Å². The first-order valence-corrected chi connectivity index (χ1v) is 6.28. The second kappa shape index (κ2) is 5.53. The Kier molecular flexibility index (Phi) is 3.42. The van der Waals surface area contributed by atoms with Crippen LogP contribution in [0.25, 0.3) is 11.4 Å². The largest absolute Gasteiger partial charge is 0.389 e. The molecule has 8 nitrogen and oxygen atoms in total. The van der Waals surface area contributed by atoms with Crippen molar-refractivity contribution in [3.8, 4) is 11.4 Å². The van der Waals surface area contributed by atoms with Gasteiger partial charge in [0.05, 0.1) is 23.9 Å². The van der Waals surface area contributed by atoms with Crippen molar-refractivity contribution in [3.63, 3.8) is 0 Å². The highest BCUT2D eigenvalue weighted by atomic mass is 16.6. The molecule has 0 unspecified atom stereocenters. The first-order valence-electron chi connectivity index (χ1n) is 6.28.